The van der Waals surface area contributed by atoms with Crippen LogP contribution in [-0.4, -0.2) is 0 Å². The van der Waals surface area contributed by atoms with Gasteiger partial charge in [-0.2, -0.15) is 0 Å². The molecule has 0 aliphatic heterocycles. The summed E-state index contributed by atoms with van der Waals surface area (Å²) < 4.78 is 5.63. The van der Waals surface area contributed by atoms with Crippen molar-refractivity contribution in [2.75, 3.05) is 0 Å². The third-order valence-electron chi connectivity index (χ3n) is 3.24. The van der Waals surface area contributed by atoms with E-state index in [0.717, 1.165) is 28.2 Å². The summed E-state index contributed by atoms with van der Waals surface area (Å²) in [6.07, 6.45) is 0. The first-order chi connectivity index (χ1) is 8.00. The van der Waals surface area contributed by atoms with E-state index in [1.54, 1.807) is 0 Å². The van der Waals surface area contributed by atoms with Gasteiger partial charge in [-0.1, -0.05) is 29.8 Å². The van der Waals surface area contributed by atoms with Crippen molar-refractivity contribution in [3.8, 4) is 0 Å². The zero-order valence-corrected chi connectivity index (χ0v) is 11.4. The van der Waals surface area contributed by atoms with Gasteiger partial charge in [0.2, 0.25) is 0 Å². The van der Waals surface area contributed by atoms with E-state index in [2.05, 4.69) is 38.1 Å². The summed E-state index contributed by atoms with van der Waals surface area (Å²) in [5.41, 5.74) is 4.62. The van der Waals surface area contributed by atoms with Crippen molar-refractivity contribution < 1.29 is 4.42 Å². The van der Waals surface area contributed by atoms with Gasteiger partial charge >= 0.3 is 0 Å². The lowest BCUT2D eigenvalue weighted by Gasteiger charge is -2.10. The monoisotopic (exact) mass is 248 g/mol. The number of hydrogen-bond acceptors (Lipinski definition) is 1. The maximum absolute atomic E-state index is 6.55. The van der Waals surface area contributed by atoms with Crippen LogP contribution < -0.4 is 0 Å². The second-order valence-corrected chi connectivity index (χ2v) is 4.96. The molecule has 1 atom stereocenters. The number of hydrogen-bond donors (Lipinski definition) is 0. The first-order valence-electron chi connectivity index (χ1n) is 5.78. The van der Waals surface area contributed by atoms with E-state index in [1.165, 1.54) is 5.56 Å². The molecule has 2 aromatic rings. The first kappa shape index (κ1) is 12.3. The van der Waals surface area contributed by atoms with E-state index >= 15 is 0 Å². The number of halogens is 1. The molecule has 0 aliphatic carbocycles. The van der Waals surface area contributed by atoms with Crippen LogP contribution in [0.4, 0.5) is 0 Å². The van der Waals surface area contributed by atoms with Gasteiger partial charge in [0.15, 0.2) is 0 Å². The van der Waals surface area contributed by atoms with Crippen molar-refractivity contribution in [3.63, 3.8) is 0 Å². The molecule has 2 heteroatoms. The molecule has 1 unspecified atom stereocenters. The smallest absolute Gasteiger partial charge is 0.106 e. The third-order valence-corrected chi connectivity index (χ3v) is 3.71. The van der Waals surface area contributed by atoms with Gasteiger partial charge in [-0.15, -0.1) is 11.6 Å². The largest absolute Gasteiger partial charge is 0.466 e. The minimum absolute atomic E-state index is 0.131. The Balaban J connectivity index is 2.43. The average molecular weight is 249 g/mol. The topological polar surface area (TPSA) is 13.1 Å². The number of aryl methyl sites for hydroxylation is 3. The molecule has 0 saturated carbocycles. The average Bonchev–Trinajstić information content (AvgIpc) is 2.53. The Morgan fingerprint density at radius 2 is 1.53 bits per heavy atom. The molecule has 1 aromatic heterocycles. The first-order valence-corrected chi connectivity index (χ1v) is 6.21. The van der Waals surface area contributed by atoms with Crippen molar-refractivity contribution in [1.82, 2.24) is 0 Å². The molecule has 2 rings (SSSR count). The van der Waals surface area contributed by atoms with E-state index in [-0.39, 0.29) is 5.38 Å². The highest BCUT2D eigenvalue weighted by atomic mass is 35.5. The fourth-order valence-corrected chi connectivity index (χ4v) is 2.55. The molecule has 0 bridgehead atoms. The summed E-state index contributed by atoms with van der Waals surface area (Å²) in [5.74, 6) is 1.87. The Labute approximate surface area is 107 Å². The van der Waals surface area contributed by atoms with Crippen LogP contribution in [0.1, 0.15) is 39.2 Å². The predicted octanol–water partition coefficient (Wildman–Crippen LogP) is 4.84. The highest BCUT2D eigenvalue weighted by Gasteiger charge is 2.20. The van der Waals surface area contributed by atoms with E-state index in [9.17, 15) is 0 Å². The molecular formula is C15H17ClO. The highest BCUT2D eigenvalue weighted by molar-refractivity contribution is 6.22. The maximum Gasteiger partial charge on any atom is 0.106 e. The summed E-state index contributed by atoms with van der Waals surface area (Å²) in [6.45, 7) is 8.08. The Morgan fingerprint density at radius 1 is 0.941 bits per heavy atom. The van der Waals surface area contributed by atoms with Crippen LogP contribution in [-0.2, 0) is 0 Å². The Kier molecular flexibility index (Phi) is 3.30. The second kappa shape index (κ2) is 4.58. The molecule has 1 nitrogen and oxygen atoms in total. The number of furan rings is 1. The van der Waals surface area contributed by atoms with Crippen molar-refractivity contribution in [2.24, 2.45) is 0 Å². The standard InChI is InChI=1S/C15H17ClO/c1-9-5-7-13(8-6-9)15(16)14-10(2)11(3)17-12(14)4/h5-8,15H,1-4H3. The summed E-state index contributed by atoms with van der Waals surface area (Å²) in [4.78, 5) is 0. The van der Waals surface area contributed by atoms with Crippen LogP contribution in [0.2, 0.25) is 0 Å². The van der Waals surface area contributed by atoms with Crippen LogP contribution in [0, 0.1) is 27.7 Å². The van der Waals surface area contributed by atoms with Crippen LogP contribution in [0.15, 0.2) is 28.7 Å². The normalized spacial score (nSPS) is 12.8. The Hall–Kier alpha value is -1.21. The number of alkyl halides is 1. The molecule has 0 N–H and O–H groups in total. The highest BCUT2D eigenvalue weighted by Crippen LogP contribution is 2.35. The van der Waals surface area contributed by atoms with Gasteiger partial charge in [0.25, 0.3) is 0 Å². The van der Waals surface area contributed by atoms with Gasteiger partial charge in [0.05, 0.1) is 5.38 Å². The Morgan fingerprint density at radius 3 is 2.00 bits per heavy atom. The minimum Gasteiger partial charge on any atom is -0.466 e. The summed E-state index contributed by atoms with van der Waals surface area (Å²) >= 11 is 6.55. The SMILES string of the molecule is Cc1ccc(C(Cl)c2c(C)oc(C)c2C)cc1. The van der Waals surface area contributed by atoms with Gasteiger partial charge in [-0.3, -0.25) is 0 Å². The summed E-state index contributed by atoms with van der Waals surface area (Å²) in [6, 6.07) is 8.33. The van der Waals surface area contributed by atoms with Crippen molar-refractivity contribution in [1.29, 1.82) is 0 Å². The van der Waals surface area contributed by atoms with Gasteiger partial charge in [0, 0.05) is 5.56 Å². The quantitative estimate of drug-likeness (QED) is 0.693. The molecule has 90 valence electrons. The summed E-state index contributed by atoms with van der Waals surface area (Å²) in [7, 11) is 0. The van der Waals surface area contributed by atoms with Gasteiger partial charge in [-0.05, 0) is 38.8 Å². The van der Waals surface area contributed by atoms with Crippen LogP contribution >= 0.6 is 11.6 Å². The van der Waals surface area contributed by atoms with Crippen molar-refractivity contribution >= 4 is 11.6 Å². The van der Waals surface area contributed by atoms with Crippen LogP contribution in [0.3, 0.4) is 0 Å². The van der Waals surface area contributed by atoms with Crippen molar-refractivity contribution in [2.45, 2.75) is 33.1 Å². The maximum atomic E-state index is 6.55. The molecule has 0 aliphatic rings. The fraction of sp³-hybridized carbons (Fsp3) is 0.333. The number of rotatable bonds is 2. The second-order valence-electron chi connectivity index (χ2n) is 4.53. The lowest BCUT2D eigenvalue weighted by Crippen LogP contribution is -1.96. The van der Waals surface area contributed by atoms with Gasteiger partial charge in [0.1, 0.15) is 11.5 Å². The molecule has 17 heavy (non-hydrogen) atoms. The number of benzene rings is 1. The van der Waals surface area contributed by atoms with E-state index in [4.69, 9.17) is 16.0 Å². The van der Waals surface area contributed by atoms with E-state index in [0.29, 0.717) is 0 Å². The lowest BCUT2D eigenvalue weighted by molar-refractivity contribution is 0.500. The zero-order chi connectivity index (χ0) is 12.6. The molecule has 1 aromatic carbocycles. The van der Waals surface area contributed by atoms with Crippen LogP contribution in [0.5, 0.6) is 0 Å². The summed E-state index contributed by atoms with van der Waals surface area (Å²) in [5, 5.41) is -0.131. The molecule has 0 fully saturated rings. The van der Waals surface area contributed by atoms with Crippen molar-refractivity contribution in [3.05, 3.63) is 58.0 Å². The molecule has 0 saturated heterocycles. The zero-order valence-electron chi connectivity index (χ0n) is 10.7. The molecular weight excluding hydrogens is 232 g/mol. The molecule has 0 spiro atoms. The third kappa shape index (κ3) is 2.25. The molecule has 0 amide bonds. The minimum atomic E-state index is -0.131. The van der Waals surface area contributed by atoms with Gasteiger partial charge < -0.3 is 4.42 Å². The van der Waals surface area contributed by atoms with E-state index in [1.807, 2.05) is 13.8 Å². The molecule has 0 radical (unpaired) electrons. The van der Waals surface area contributed by atoms with Crippen LogP contribution in [0.25, 0.3) is 0 Å². The Bertz CT molecular complexity index is 523. The lowest BCUT2D eigenvalue weighted by atomic mass is 10.00. The van der Waals surface area contributed by atoms with Gasteiger partial charge in [-0.25, -0.2) is 0 Å². The fourth-order valence-electron chi connectivity index (χ4n) is 2.09. The van der Waals surface area contributed by atoms with E-state index < -0.39 is 0 Å². The molecule has 1 heterocycles. The predicted molar refractivity (Wildman–Crippen MR) is 71.8 cm³/mol.